The summed E-state index contributed by atoms with van der Waals surface area (Å²) in [6, 6.07) is 15.4. The maximum Gasteiger partial charge on any atom is 1.00 e. The van der Waals surface area contributed by atoms with Crippen LogP contribution in [0.4, 0.5) is 0 Å². The molecule has 116 heavy (non-hydrogen) atoms. The Morgan fingerprint density at radius 1 is 0.319 bits per heavy atom. The van der Waals surface area contributed by atoms with Crippen LogP contribution in [-0.4, -0.2) is 32.3 Å². The average Bonchev–Trinajstić information content (AvgIpc) is 1.58. The molecule has 0 aromatic heterocycles. The van der Waals surface area contributed by atoms with E-state index in [2.05, 4.69) is 175 Å². The number of hydrogen-bond acceptors (Lipinski definition) is 0. The fourth-order valence-electron chi connectivity index (χ4n) is 33.5. The molecule has 0 N–H and O–H groups in total. The molecule has 0 radical (unpaired) electrons. The third-order valence-corrected chi connectivity index (χ3v) is 56.0. The predicted octanol–water partition coefficient (Wildman–Crippen LogP) is 26.5. The van der Waals surface area contributed by atoms with Crippen molar-refractivity contribution in [3.05, 3.63) is 136 Å². The summed E-state index contributed by atoms with van der Waals surface area (Å²) in [4.78, 5) is 0. The van der Waals surface area contributed by atoms with Gasteiger partial charge in [0.15, 0.2) is 0 Å². The first-order valence-corrected chi connectivity index (χ1v) is 68.5. The molecule has 12 fully saturated rings. The summed E-state index contributed by atoms with van der Waals surface area (Å²) in [6.07, 6.45) is 64.1. The van der Waals surface area contributed by atoms with E-state index < -0.39 is 53.1 Å². The SMILES string of the molecule is CC(C)C1=CC([Si](C)(C)C)c2cc3c(cc21)CCC3.CC(C)C1=CC([Si](C)(C)C2C=Cc3cc4c(cc32)CCC4)c2cc3c(cc21)CCC3.CC(C)C1CC([Si](C)(C)C2CCC3CC4CCCC4CC32)C2CC3CCCC3CC12.CC(C)C1CC([Si](C)(C)C2CCC3CC4CCCC4CC32)C2CC3CCCC3CC12.[CH3-].[CH3-].[Cl][Zr+2][Cl].[Li+].[Li+]. The smallest absolute Gasteiger partial charge is 1.00 e. The molecule has 628 valence electrons. The van der Waals surface area contributed by atoms with Gasteiger partial charge in [0.25, 0.3) is 0 Å². The van der Waals surface area contributed by atoms with Crippen LogP contribution in [0.3, 0.4) is 0 Å². The zero-order valence-corrected chi connectivity index (χ0v) is 86.5. The second kappa shape index (κ2) is 38.0. The monoisotopic (exact) mass is 1740 g/mol. The van der Waals surface area contributed by atoms with E-state index >= 15 is 0 Å². The molecule has 25 unspecified atom stereocenters. The van der Waals surface area contributed by atoms with Gasteiger partial charge in [-0.05, 0) is 369 Å². The molecule has 0 heterocycles. The van der Waals surface area contributed by atoms with E-state index in [1.165, 1.54) is 85.5 Å². The Hall–Kier alpha value is 0.405. The van der Waals surface area contributed by atoms with E-state index in [4.69, 9.17) is 17.0 Å². The average molecular weight is 1740 g/mol. The van der Waals surface area contributed by atoms with Gasteiger partial charge in [0, 0.05) is 0 Å². The molecule has 21 rings (SSSR count). The summed E-state index contributed by atoms with van der Waals surface area (Å²) in [7, 11) is 4.58. The number of halogens is 2. The summed E-state index contributed by atoms with van der Waals surface area (Å²) < 4.78 is 0. The van der Waals surface area contributed by atoms with Crippen LogP contribution in [0.15, 0.2) is 54.6 Å². The van der Waals surface area contributed by atoms with Crippen molar-refractivity contribution in [1.82, 2.24) is 0 Å². The third-order valence-electron chi connectivity index (χ3n) is 39.1. The van der Waals surface area contributed by atoms with Crippen molar-refractivity contribution in [3.63, 3.8) is 0 Å². The van der Waals surface area contributed by atoms with Crippen molar-refractivity contribution < 1.29 is 58.6 Å². The normalized spacial score (nSPS) is 37.1. The van der Waals surface area contributed by atoms with Gasteiger partial charge in [-0.2, -0.15) is 0 Å². The minimum Gasteiger partial charge on any atom is 1.00 e. The number of aryl methyl sites for hydroxylation is 6. The quantitative estimate of drug-likeness (QED) is 0.133. The van der Waals surface area contributed by atoms with Crippen LogP contribution in [0.5, 0.6) is 0 Å². The molecule has 0 nitrogen and oxygen atoms in total. The van der Waals surface area contributed by atoms with Crippen molar-refractivity contribution in [3.8, 4) is 0 Å². The van der Waals surface area contributed by atoms with Crippen LogP contribution >= 0.6 is 17.0 Å². The largest absolute Gasteiger partial charge is 1.00 e. The molecule has 3 aromatic rings. The summed E-state index contributed by atoms with van der Waals surface area (Å²) in [5, 5.41) is 0. The van der Waals surface area contributed by atoms with E-state index in [0.717, 1.165) is 124 Å². The Balaban J connectivity index is 0.000000133. The van der Waals surface area contributed by atoms with Gasteiger partial charge in [-0.3, -0.25) is 0 Å². The minimum absolute atomic E-state index is 0. The van der Waals surface area contributed by atoms with Gasteiger partial charge < -0.3 is 14.9 Å². The van der Waals surface area contributed by atoms with E-state index in [1.807, 2.05) is 0 Å². The van der Waals surface area contributed by atoms with Crippen LogP contribution in [0.2, 0.25) is 81.1 Å². The molecule has 12 saturated carbocycles. The maximum absolute atomic E-state index is 4.93. The van der Waals surface area contributed by atoms with E-state index in [0.29, 0.717) is 22.9 Å². The third kappa shape index (κ3) is 17.8. The summed E-state index contributed by atoms with van der Waals surface area (Å²) in [5.41, 5.74) is 29.3. The van der Waals surface area contributed by atoms with Gasteiger partial charge in [0.1, 0.15) is 0 Å². The molecular weight excluding hydrogens is 1570 g/mol. The first-order chi connectivity index (χ1) is 53.6. The summed E-state index contributed by atoms with van der Waals surface area (Å²) >= 11 is -0.826. The zero-order valence-electron chi connectivity index (χ0n) is 78.5. The summed E-state index contributed by atoms with van der Waals surface area (Å²) in [6.45, 7) is 44.3. The Labute approximate surface area is 761 Å². The minimum atomic E-state index is -1.66. The van der Waals surface area contributed by atoms with E-state index in [1.54, 1.807) is 239 Å². The molecule has 0 bridgehead atoms. The van der Waals surface area contributed by atoms with Crippen LogP contribution in [0.25, 0.3) is 17.2 Å². The molecule has 0 spiro atoms. The summed E-state index contributed by atoms with van der Waals surface area (Å²) in [5.74, 6) is 23.5. The van der Waals surface area contributed by atoms with Crippen molar-refractivity contribution in [1.29, 1.82) is 0 Å². The Bertz CT molecular complexity index is 3850. The topological polar surface area (TPSA) is 0 Å². The van der Waals surface area contributed by atoms with E-state index in [9.17, 15) is 0 Å². The fraction of sp³-hybridized carbons (Fsp3) is 0.757. The van der Waals surface area contributed by atoms with Crippen LogP contribution in [0, 0.1) is 145 Å². The van der Waals surface area contributed by atoms with Crippen LogP contribution < -0.4 is 37.7 Å². The number of benzene rings is 3. The van der Waals surface area contributed by atoms with Gasteiger partial charge >= 0.3 is 75.6 Å². The molecule has 25 atom stereocenters. The standard InChI is InChI=1S/2C29H50Si.C29H34Si.C18H26Si.2CH3.2ClH.2Li.Zr/c3*1-18(2)24-17-29(27-16-22-10-6-9-21(22)15-26(24)27)30(3,4)28-12-11-23-13-19-7-5-8-20(19)14-25(23)28;1-12(2)15-11-18(19(3,4)5)17-10-14-8-6-7-13(14)9-16(15)17;;;;;;;/h2*18-29H,5-17H2,1-4H3;11-18,28-29H,5-10H2,1-4H3;9-12,18H,6-8H2,1-5H3;2*1H3;2*1H;;;/q;;;;2*-1;;;2*+1;+4/p-2. The number of allylic oxidation sites excluding steroid dienone is 5. The molecule has 0 saturated heterocycles. The molecule has 9 heteroatoms. The van der Waals surface area contributed by atoms with Crippen molar-refractivity contribution in [2.75, 3.05) is 0 Å². The Kier molecular flexibility index (Phi) is 30.8. The predicted molar refractivity (Wildman–Crippen MR) is 506 cm³/mol. The van der Waals surface area contributed by atoms with Crippen molar-refractivity contribution in [2.45, 2.75) is 378 Å². The molecule has 0 aliphatic heterocycles. The molecule has 18 aliphatic rings. The van der Waals surface area contributed by atoms with Gasteiger partial charge in [-0.1, -0.05) is 278 Å². The molecule has 18 aliphatic carbocycles. The van der Waals surface area contributed by atoms with Crippen molar-refractivity contribution in [2.24, 2.45) is 130 Å². The van der Waals surface area contributed by atoms with Gasteiger partial charge in [0.05, 0.1) is 32.3 Å². The number of rotatable bonds is 11. The first kappa shape index (κ1) is 94.0. The molecule has 3 aromatic carbocycles. The van der Waals surface area contributed by atoms with Crippen LogP contribution in [-0.2, 0) is 59.4 Å². The molecular formula is C107H166Cl2Li2Si4Zr+2. The first-order valence-electron chi connectivity index (χ1n) is 49.1. The fourth-order valence-corrected chi connectivity index (χ4v) is 49.7. The van der Waals surface area contributed by atoms with Crippen molar-refractivity contribution >= 4 is 66.5 Å². The van der Waals surface area contributed by atoms with Crippen LogP contribution in [0.1, 0.15) is 325 Å². The van der Waals surface area contributed by atoms with Gasteiger partial charge in [0.2, 0.25) is 0 Å². The maximum atomic E-state index is 4.93. The van der Waals surface area contributed by atoms with Gasteiger partial charge in [-0.15, -0.1) is 0 Å². The van der Waals surface area contributed by atoms with Gasteiger partial charge in [-0.25, -0.2) is 0 Å². The second-order valence-electron chi connectivity index (χ2n) is 47.5. The van der Waals surface area contributed by atoms with E-state index in [-0.39, 0.29) is 52.6 Å². The number of hydrogen-bond donors (Lipinski definition) is 0. The second-order valence-corrected chi connectivity index (χ2v) is 71.8. The number of fused-ring (bicyclic) bond motifs is 14. The Morgan fingerprint density at radius 3 is 1.00 bits per heavy atom. The Morgan fingerprint density at radius 2 is 0.638 bits per heavy atom. The molecule has 0 amide bonds. The zero-order chi connectivity index (χ0) is 78.4.